The van der Waals surface area contributed by atoms with Crippen LogP contribution in [0.25, 0.3) is 0 Å². The van der Waals surface area contributed by atoms with Crippen molar-refractivity contribution in [2.24, 2.45) is 0 Å². The highest BCUT2D eigenvalue weighted by atomic mass is 79.9. The first-order valence-electron chi connectivity index (χ1n) is 5.88. The van der Waals surface area contributed by atoms with Crippen LogP contribution >= 0.6 is 27.9 Å². The van der Waals surface area contributed by atoms with Crippen molar-refractivity contribution in [3.8, 4) is 0 Å². The van der Waals surface area contributed by atoms with Gasteiger partial charge in [-0.1, -0.05) is 46.5 Å². The van der Waals surface area contributed by atoms with Crippen LogP contribution in [0.1, 0.15) is 25.8 Å². The summed E-state index contributed by atoms with van der Waals surface area (Å²) < 4.78 is 13.6. The normalized spacial score (nSPS) is 10.1. The molecule has 1 aromatic carbocycles. The third-order valence-corrected chi connectivity index (χ3v) is 3.22. The molecule has 0 unspecified atom stereocenters. The van der Waals surface area contributed by atoms with Crippen LogP contribution in [-0.2, 0) is 5.75 Å². The maximum absolute atomic E-state index is 12.6. The van der Waals surface area contributed by atoms with Crippen molar-refractivity contribution in [3.63, 3.8) is 0 Å². The molecule has 0 amide bonds. The summed E-state index contributed by atoms with van der Waals surface area (Å²) in [6.07, 6.45) is 0.939. The van der Waals surface area contributed by atoms with Crippen LogP contribution in [0.15, 0.2) is 24.3 Å². The lowest BCUT2D eigenvalue weighted by Crippen LogP contribution is -2.30. The first-order chi connectivity index (χ1) is 8.72. The van der Waals surface area contributed by atoms with Gasteiger partial charge >= 0.3 is 0 Å². The van der Waals surface area contributed by atoms with Crippen LogP contribution in [-0.4, -0.2) is 21.7 Å². The second-order valence-corrected chi connectivity index (χ2v) is 4.81. The molecule has 0 bridgehead atoms. The number of hydrogen-bond donors (Lipinski definition) is 2. The second kappa shape index (κ2) is 11.9. The van der Waals surface area contributed by atoms with E-state index < -0.39 is 0 Å². The monoisotopic (exact) mass is 338 g/mol. The number of benzene rings is 1. The molecular formula is C12H20BrFN2OS. The van der Waals surface area contributed by atoms with Gasteiger partial charge in [0.15, 0.2) is 0 Å². The standard InChI is InChI=1S/C10H14BrFN2OS.C2H6/c11-6-1-7-13-14(15)16-8-9-2-4-10(12)5-3-9;1-2/h2-5,13,15H,1,6-8H2;1-2H3. The fourth-order valence-corrected chi connectivity index (χ4v) is 1.93. The van der Waals surface area contributed by atoms with Gasteiger partial charge in [0.05, 0.1) is 0 Å². The van der Waals surface area contributed by atoms with Crippen molar-refractivity contribution in [2.75, 3.05) is 11.9 Å². The molecule has 0 spiro atoms. The van der Waals surface area contributed by atoms with Gasteiger partial charge in [-0.05, 0) is 36.1 Å². The number of nitrogens with one attached hydrogen (secondary N) is 1. The molecule has 6 heteroatoms. The number of rotatable bonds is 7. The summed E-state index contributed by atoms with van der Waals surface area (Å²) in [4.78, 5) is 0. The molecule has 1 aromatic rings. The summed E-state index contributed by atoms with van der Waals surface area (Å²) in [6.45, 7) is 4.71. The number of hydrogen-bond acceptors (Lipinski definition) is 4. The molecule has 0 aliphatic carbocycles. The Bertz CT molecular complexity index is 301. The lowest BCUT2D eigenvalue weighted by Gasteiger charge is -2.14. The van der Waals surface area contributed by atoms with Gasteiger partial charge in [-0.15, -0.1) is 0 Å². The summed E-state index contributed by atoms with van der Waals surface area (Å²) in [7, 11) is 0. The molecule has 3 nitrogen and oxygen atoms in total. The molecule has 0 atom stereocenters. The second-order valence-electron chi connectivity index (χ2n) is 3.12. The largest absolute Gasteiger partial charge is 0.289 e. The van der Waals surface area contributed by atoms with Gasteiger partial charge in [-0.2, -0.15) is 0 Å². The molecule has 0 saturated heterocycles. The highest BCUT2D eigenvalue weighted by Crippen LogP contribution is 2.13. The topological polar surface area (TPSA) is 35.5 Å². The molecule has 0 aliphatic heterocycles. The van der Waals surface area contributed by atoms with E-state index >= 15 is 0 Å². The average Bonchev–Trinajstić information content (AvgIpc) is 2.41. The predicted molar refractivity (Wildman–Crippen MR) is 79.1 cm³/mol. The van der Waals surface area contributed by atoms with E-state index in [0.29, 0.717) is 12.3 Å². The van der Waals surface area contributed by atoms with Gasteiger partial charge < -0.3 is 0 Å². The van der Waals surface area contributed by atoms with Crippen molar-refractivity contribution in [2.45, 2.75) is 26.0 Å². The Morgan fingerprint density at radius 2 is 1.94 bits per heavy atom. The van der Waals surface area contributed by atoms with Crippen LogP contribution in [0.5, 0.6) is 0 Å². The van der Waals surface area contributed by atoms with Crippen LogP contribution in [0.2, 0.25) is 0 Å². The molecule has 0 aromatic heterocycles. The van der Waals surface area contributed by atoms with Crippen molar-refractivity contribution in [1.29, 1.82) is 0 Å². The lowest BCUT2D eigenvalue weighted by molar-refractivity contribution is -0.0316. The van der Waals surface area contributed by atoms with Crippen molar-refractivity contribution >= 4 is 27.9 Å². The van der Waals surface area contributed by atoms with Crippen LogP contribution in [0, 0.1) is 5.82 Å². The van der Waals surface area contributed by atoms with Crippen LogP contribution in [0.4, 0.5) is 4.39 Å². The molecule has 104 valence electrons. The highest BCUT2D eigenvalue weighted by Gasteiger charge is 2.01. The average molecular weight is 339 g/mol. The number of nitrogens with zero attached hydrogens (tertiary/aromatic N) is 1. The molecule has 2 N–H and O–H groups in total. The summed E-state index contributed by atoms with van der Waals surface area (Å²) in [5, 5.41) is 10.3. The van der Waals surface area contributed by atoms with Gasteiger partial charge in [0.25, 0.3) is 0 Å². The molecule has 1 rings (SSSR count). The Morgan fingerprint density at radius 3 is 2.50 bits per heavy atom. The highest BCUT2D eigenvalue weighted by molar-refractivity contribution is 9.09. The third kappa shape index (κ3) is 8.88. The van der Waals surface area contributed by atoms with Gasteiger partial charge in [-0.3, -0.25) is 5.21 Å². The van der Waals surface area contributed by atoms with E-state index in [1.807, 2.05) is 13.8 Å². The first kappa shape index (κ1) is 17.9. The minimum atomic E-state index is -0.245. The quantitative estimate of drug-likeness (QED) is 0.341. The molecule has 0 fully saturated rings. The summed E-state index contributed by atoms with van der Waals surface area (Å²) in [5.74, 6) is 0.350. The minimum absolute atomic E-state index is 0.245. The van der Waals surface area contributed by atoms with E-state index in [-0.39, 0.29) is 5.82 Å². The minimum Gasteiger partial charge on any atom is -0.289 e. The Balaban J connectivity index is 0.00000137. The fraction of sp³-hybridized carbons (Fsp3) is 0.500. The zero-order valence-corrected chi connectivity index (χ0v) is 13.1. The van der Waals surface area contributed by atoms with Crippen molar-refractivity contribution in [1.82, 2.24) is 10.0 Å². The van der Waals surface area contributed by atoms with Gasteiger partial charge in [-0.25, -0.2) is 9.82 Å². The number of halogens is 2. The SMILES string of the molecule is CC.ON(NCCCBr)SCc1ccc(F)cc1. The van der Waals surface area contributed by atoms with E-state index in [4.69, 9.17) is 0 Å². The van der Waals surface area contributed by atoms with Crippen LogP contribution in [0.3, 0.4) is 0 Å². The van der Waals surface area contributed by atoms with E-state index in [2.05, 4.69) is 21.4 Å². The number of hydrazine groups is 1. The van der Waals surface area contributed by atoms with E-state index in [1.165, 1.54) is 24.1 Å². The molecule has 0 radical (unpaired) electrons. The van der Waals surface area contributed by atoms with Gasteiger partial charge in [0, 0.05) is 17.6 Å². The van der Waals surface area contributed by atoms with Gasteiger partial charge in [0.2, 0.25) is 0 Å². The third-order valence-electron chi connectivity index (χ3n) is 1.82. The zero-order valence-electron chi connectivity index (χ0n) is 10.7. The molecular weight excluding hydrogens is 319 g/mol. The maximum atomic E-state index is 12.6. The van der Waals surface area contributed by atoms with E-state index in [9.17, 15) is 9.60 Å². The molecule has 0 saturated carbocycles. The Kier molecular flexibility index (Phi) is 11.8. The van der Waals surface area contributed by atoms with Crippen LogP contribution < -0.4 is 5.43 Å². The van der Waals surface area contributed by atoms with Gasteiger partial charge in [0.1, 0.15) is 5.82 Å². The van der Waals surface area contributed by atoms with Crippen molar-refractivity contribution in [3.05, 3.63) is 35.6 Å². The predicted octanol–water partition coefficient (Wildman–Crippen LogP) is 3.98. The Hall–Kier alpha value is -0.140. The Morgan fingerprint density at radius 1 is 1.33 bits per heavy atom. The lowest BCUT2D eigenvalue weighted by atomic mass is 10.2. The zero-order chi connectivity index (χ0) is 13.8. The van der Waals surface area contributed by atoms with E-state index in [1.54, 1.807) is 12.1 Å². The first-order valence-corrected chi connectivity index (χ1v) is 7.94. The molecule has 0 heterocycles. The smallest absolute Gasteiger partial charge is 0.123 e. The number of alkyl halides is 1. The van der Waals surface area contributed by atoms with E-state index in [0.717, 1.165) is 21.9 Å². The molecule has 0 aliphatic rings. The Labute approximate surface area is 121 Å². The summed E-state index contributed by atoms with van der Waals surface area (Å²) >= 11 is 4.53. The fourth-order valence-electron chi connectivity index (χ4n) is 1.00. The summed E-state index contributed by atoms with van der Waals surface area (Å²) in [6, 6.07) is 6.23. The van der Waals surface area contributed by atoms with Crippen molar-refractivity contribution < 1.29 is 9.60 Å². The molecule has 18 heavy (non-hydrogen) atoms. The maximum Gasteiger partial charge on any atom is 0.123 e. The summed E-state index contributed by atoms with van der Waals surface area (Å²) in [5.41, 5.74) is 3.78.